The first-order valence-electron chi connectivity index (χ1n) is 8.23. The number of hydrogen-bond acceptors (Lipinski definition) is 1. The lowest BCUT2D eigenvalue weighted by Gasteiger charge is -2.42. The van der Waals surface area contributed by atoms with Crippen molar-refractivity contribution in [1.29, 1.82) is 0 Å². The topological polar surface area (TPSA) is 3.24 Å². The smallest absolute Gasteiger partial charge is 0.0158 e. The van der Waals surface area contributed by atoms with Crippen molar-refractivity contribution in [3.63, 3.8) is 0 Å². The van der Waals surface area contributed by atoms with Crippen LogP contribution >= 0.6 is 10.2 Å². The van der Waals surface area contributed by atoms with Gasteiger partial charge in [0.1, 0.15) is 0 Å². The van der Waals surface area contributed by atoms with E-state index >= 15 is 0 Å². The van der Waals surface area contributed by atoms with E-state index in [0.717, 1.165) is 0 Å². The highest BCUT2D eigenvalue weighted by Gasteiger charge is 2.32. The summed E-state index contributed by atoms with van der Waals surface area (Å²) in [7, 11) is 3.08. The summed E-state index contributed by atoms with van der Waals surface area (Å²) in [5.41, 5.74) is 5.29. The Hall–Kier alpha value is -2.03. The third kappa shape index (κ3) is 3.00. The molecule has 0 spiro atoms. The van der Waals surface area contributed by atoms with E-state index in [1.807, 2.05) is 0 Å². The summed E-state index contributed by atoms with van der Waals surface area (Å²) in [6.45, 7) is 4.45. The van der Waals surface area contributed by atoms with Crippen molar-refractivity contribution in [2.24, 2.45) is 0 Å². The summed E-state index contributed by atoms with van der Waals surface area (Å²) in [6, 6.07) is 21.4. The maximum absolute atomic E-state index is 2.47. The molecule has 1 unspecified atom stereocenters. The zero-order valence-electron chi connectivity index (χ0n) is 14.9. The van der Waals surface area contributed by atoms with E-state index in [0.29, 0.717) is 0 Å². The molecule has 0 N–H and O–H groups in total. The molecule has 1 heterocycles. The van der Waals surface area contributed by atoms with Crippen molar-refractivity contribution in [3.05, 3.63) is 94.3 Å². The second kappa shape index (κ2) is 6.84. The first-order valence-corrected chi connectivity index (χ1v) is 9.95. The van der Waals surface area contributed by atoms with Gasteiger partial charge in [-0.05, 0) is 61.5 Å². The minimum absolute atomic E-state index is 1.28. The number of allylic oxidation sites excluding steroid dienone is 3. The molecule has 24 heavy (non-hydrogen) atoms. The van der Waals surface area contributed by atoms with Crippen LogP contribution in [0.4, 0.5) is 0 Å². The first-order chi connectivity index (χ1) is 11.5. The zero-order chi connectivity index (χ0) is 17.2. The minimum Gasteiger partial charge on any atom is -0.263 e. The van der Waals surface area contributed by atoms with Gasteiger partial charge >= 0.3 is 0 Å². The highest BCUT2D eigenvalue weighted by atomic mass is 32.3. The molecular weight excluding hydrogens is 310 g/mol. The van der Waals surface area contributed by atoms with Gasteiger partial charge in [-0.2, -0.15) is 0 Å². The van der Waals surface area contributed by atoms with Gasteiger partial charge in [-0.15, -0.1) is 10.2 Å². The molecule has 0 aromatic heterocycles. The Bertz CT molecular complexity index is 796. The van der Waals surface area contributed by atoms with Crippen LogP contribution < -0.4 is 0 Å². The van der Waals surface area contributed by atoms with E-state index in [-0.39, 0.29) is 0 Å². The van der Waals surface area contributed by atoms with Gasteiger partial charge < -0.3 is 0 Å². The highest BCUT2D eigenvalue weighted by Crippen LogP contribution is 2.68. The third-order valence-corrected chi connectivity index (χ3v) is 7.96. The number of benzene rings is 2. The quantitative estimate of drug-likeness (QED) is 0.635. The van der Waals surface area contributed by atoms with Gasteiger partial charge in [0.15, 0.2) is 0 Å². The summed E-state index contributed by atoms with van der Waals surface area (Å²) in [5, 5.41) is 4.88. The van der Waals surface area contributed by atoms with Gasteiger partial charge in [0.2, 0.25) is 0 Å². The van der Waals surface area contributed by atoms with Crippen molar-refractivity contribution in [2.75, 3.05) is 14.1 Å². The van der Waals surface area contributed by atoms with Crippen LogP contribution in [0.2, 0.25) is 0 Å². The van der Waals surface area contributed by atoms with Gasteiger partial charge in [0, 0.05) is 4.91 Å². The van der Waals surface area contributed by atoms with Crippen LogP contribution in [0.3, 0.4) is 0 Å². The molecule has 0 saturated heterocycles. The summed E-state index contributed by atoms with van der Waals surface area (Å²) in [6.07, 6.45) is 2.29. The number of nitrogens with zero attached hydrogens (tertiary/aromatic N) is 1. The Morgan fingerprint density at radius 1 is 0.833 bits per heavy atom. The molecule has 0 saturated carbocycles. The van der Waals surface area contributed by atoms with Crippen LogP contribution in [0.15, 0.2) is 83.1 Å². The summed E-state index contributed by atoms with van der Waals surface area (Å²) in [5.74, 6) is 0. The van der Waals surface area contributed by atoms with Gasteiger partial charge in [-0.3, -0.25) is 4.31 Å². The normalized spacial score (nSPS) is 22.1. The Kier molecular flexibility index (Phi) is 4.79. The Labute approximate surface area is 147 Å². The third-order valence-electron chi connectivity index (χ3n) is 4.29. The molecule has 2 heteroatoms. The molecule has 3 rings (SSSR count). The maximum atomic E-state index is 2.47. The van der Waals surface area contributed by atoms with Crippen LogP contribution in [0.25, 0.3) is 10.5 Å². The summed E-state index contributed by atoms with van der Waals surface area (Å²) in [4.78, 5) is 1.44. The Balaban J connectivity index is 2.16. The van der Waals surface area contributed by atoms with Crippen molar-refractivity contribution in [1.82, 2.24) is 4.31 Å². The van der Waals surface area contributed by atoms with Crippen LogP contribution in [-0.2, 0) is 0 Å². The second-order valence-corrected chi connectivity index (χ2v) is 9.42. The van der Waals surface area contributed by atoms with E-state index in [9.17, 15) is 0 Å². The van der Waals surface area contributed by atoms with Gasteiger partial charge in [-0.25, -0.2) is 0 Å². The van der Waals surface area contributed by atoms with Crippen LogP contribution in [-0.4, -0.2) is 18.4 Å². The maximum Gasteiger partial charge on any atom is 0.0158 e. The van der Waals surface area contributed by atoms with E-state index in [2.05, 4.69) is 110 Å². The largest absolute Gasteiger partial charge is 0.263 e. The minimum atomic E-state index is -1.30. The molecule has 2 aromatic rings. The SMILES string of the molecule is CC(C)=C(c1ccccc1)S1(N(C)C)C=CC(c2ccccc2)=C1. The van der Waals surface area contributed by atoms with E-state index in [4.69, 9.17) is 0 Å². The standard InChI is InChI=1S/C22H25NS/c1-18(2)22(20-13-9-6-10-14-20)24(23(3)4)16-15-21(17-24)19-11-7-5-8-12-19/h5-17H,1-4H3. The number of hydrogen-bond donors (Lipinski definition) is 0. The van der Waals surface area contributed by atoms with E-state index in [1.165, 1.54) is 27.2 Å². The van der Waals surface area contributed by atoms with Crippen molar-refractivity contribution >= 4 is 20.7 Å². The molecule has 1 atom stereocenters. The molecule has 2 aromatic carbocycles. The average molecular weight is 336 g/mol. The fourth-order valence-corrected chi connectivity index (χ4v) is 6.45. The molecular formula is C22H25NS. The van der Waals surface area contributed by atoms with E-state index < -0.39 is 10.2 Å². The number of rotatable bonds is 4. The molecule has 1 aliphatic heterocycles. The predicted molar refractivity (Wildman–Crippen MR) is 110 cm³/mol. The first kappa shape index (κ1) is 16.8. The summed E-state index contributed by atoms with van der Waals surface area (Å²) >= 11 is 0. The molecule has 1 aliphatic rings. The van der Waals surface area contributed by atoms with Crippen molar-refractivity contribution in [2.45, 2.75) is 13.8 Å². The van der Waals surface area contributed by atoms with Crippen molar-refractivity contribution < 1.29 is 0 Å². The zero-order valence-corrected chi connectivity index (χ0v) is 15.7. The summed E-state index contributed by atoms with van der Waals surface area (Å²) < 4.78 is 2.38. The fraction of sp³-hybridized carbons (Fsp3) is 0.182. The monoisotopic (exact) mass is 335 g/mol. The van der Waals surface area contributed by atoms with Gasteiger partial charge in [-0.1, -0.05) is 66.2 Å². The predicted octanol–water partition coefficient (Wildman–Crippen LogP) is 6.29. The van der Waals surface area contributed by atoms with E-state index in [1.54, 1.807) is 0 Å². The Morgan fingerprint density at radius 2 is 1.42 bits per heavy atom. The molecule has 0 aliphatic carbocycles. The average Bonchev–Trinajstić information content (AvgIpc) is 3.03. The lowest BCUT2D eigenvalue weighted by molar-refractivity contribution is 0.696. The van der Waals surface area contributed by atoms with Crippen LogP contribution in [0, 0.1) is 0 Å². The molecule has 0 fully saturated rings. The van der Waals surface area contributed by atoms with Crippen LogP contribution in [0.5, 0.6) is 0 Å². The molecule has 0 radical (unpaired) electrons. The molecule has 124 valence electrons. The molecule has 1 nitrogen and oxygen atoms in total. The van der Waals surface area contributed by atoms with Gasteiger partial charge in [0.05, 0.1) is 0 Å². The molecule has 0 amide bonds. The molecule has 0 bridgehead atoms. The highest BCUT2D eigenvalue weighted by molar-refractivity contribution is 8.43. The lowest BCUT2D eigenvalue weighted by Crippen LogP contribution is -2.17. The van der Waals surface area contributed by atoms with Gasteiger partial charge in [0.25, 0.3) is 0 Å². The van der Waals surface area contributed by atoms with Crippen molar-refractivity contribution in [3.8, 4) is 0 Å². The van der Waals surface area contributed by atoms with Crippen LogP contribution in [0.1, 0.15) is 25.0 Å². The lowest BCUT2D eigenvalue weighted by atomic mass is 10.1. The second-order valence-electron chi connectivity index (χ2n) is 6.42. The Morgan fingerprint density at radius 3 is 1.96 bits per heavy atom. The fourth-order valence-electron chi connectivity index (χ4n) is 3.17.